The molecule has 0 radical (unpaired) electrons. The summed E-state index contributed by atoms with van der Waals surface area (Å²) in [5.74, 6) is 2.17. The number of hydrogen-bond acceptors (Lipinski definition) is 9. The average Bonchev–Trinajstić information content (AvgIpc) is 3.44. The Morgan fingerprint density at radius 3 is 2.62 bits per heavy atom. The summed E-state index contributed by atoms with van der Waals surface area (Å²) in [6.45, 7) is 11.4. The number of furan rings is 1. The molecule has 39 heavy (non-hydrogen) atoms. The normalized spacial score (nSPS) is 23.7. The molecule has 5 heterocycles. The molecular formula is C29H35N5O5. The highest BCUT2D eigenvalue weighted by Crippen LogP contribution is 2.36. The van der Waals surface area contributed by atoms with Gasteiger partial charge < -0.3 is 23.5 Å². The number of pyridine rings is 1. The Balaban J connectivity index is 1.19. The van der Waals surface area contributed by atoms with Gasteiger partial charge in [-0.05, 0) is 71.6 Å². The van der Waals surface area contributed by atoms with Crippen LogP contribution in [0.15, 0.2) is 41.1 Å². The van der Waals surface area contributed by atoms with Crippen molar-refractivity contribution in [1.29, 1.82) is 0 Å². The molecule has 4 aromatic rings. The van der Waals surface area contributed by atoms with E-state index in [4.69, 9.17) is 23.7 Å². The fraction of sp³-hybridized carbons (Fsp3) is 0.517. The minimum Gasteiger partial charge on any atom is -0.473 e. The van der Waals surface area contributed by atoms with Crippen LogP contribution in [0.1, 0.15) is 53.9 Å². The molecular weight excluding hydrogens is 498 g/mol. The Kier molecular flexibility index (Phi) is 6.45. The Hall–Kier alpha value is -3.66. The van der Waals surface area contributed by atoms with Crippen molar-refractivity contribution in [2.75, 3.05) is 18.0 Å². The first kappa shape index (κ1) is 25.6. The predicted octanol–water partition coefficient (Wildman–Crippen LogP) is 5.04. The van der Waals surface area contributed by atoms with Gasteiger partial charge in [-0.3, -0.25) is 4.79 Å². The highest BCUT2D eigenvalue weighted by Gasteiger charge is 2.34. The van der Waals surface area contributed by atoms with E-state index < -0.39 is 5.60 Å². The van der Waals surface area contributed by atoms with Crippen molar-refractivity contribution in [2.45, 2.75) is 77.8 Å². The predicted molar refractivity (Wildman–Crippen MR) is 146 cm³/mol. The van der Waals surface area contributed by atoms with Gasteiger partial charge in [0, 0.05) is 31.8 Å². The van der Waals surface area contributed by atoms with Gasteiger partial charge in [-0.1, -0.05) is 0 Å². The largest absolute Gasteiger partial charge is 0.473 e. The topological polar surface area (TPSA) is 104 Å². The highest BCUT2D eigenvalue weighted by molar-refractivity contribution is 5.92. The molecule has 2 atom stereocenters. The standard InChI is InChI=1S/C29H35N5O5/c1-17-15-33(16-18(2)36-17)28-21-13-24(38-23(21)8-9-30-28)22-14-31-25-6-7-26(32-34(22)25)37-20-10-19(11-20)12-27(35)39-29(3,4)5/h6-9,13-14,17-20H,10-12,15-16H2,1-5H3/t17-,18+,19?,20?. The molecule has 206 valence electrons. The SMILES string of the molecule is C[C@@H]1CN(c2nccc3oc(-c4cnc5ccc(OC6CC(CC(=O)OC(C)(C)C)C6)nn45)cc23)C[C@H](C)O1. The molecule has 1 aliphatic heterocycles. The van der Waals surface area contributed by atoms with Gasteiger partial charge in [-0.2, -0.15) is 0 Å². The molecule has 1 aliphatic carbocycles. The molecule has 4 aromatic heterocycles. The lowest BCUT2D eigenvalue weighted by molar-refractivity contribution is -0.157. The Morgan fingerprint density at radius 1 is 1.10 bits per heavy atom. The van der Waals surface area contributed by atoms with Crippen LogP contribution in [0.25, 0.3) is 28.1 Å². The maximum atomic E-state index is 12.1. The van der Waals surface area contributed by atoms with Gasteiger partial charge in [-0.15, -0.1) is 5.10 Å². The van der Waals surface area contributed by atoms with Crippen molar-refractivity contribution >= 4 is 28.4 Å². The number of nitrogens with zero attached hydrogens (tertiary/aromatic N) is 5. The first-order chi connectivity index (χ1) is 18.6. The molecule has 10 nitrogen and oxygen atoms in total. The van der Waals surface area contributed by atoms with Crippen molar-refractivity contribution in [3.05, 3.63) is 36.7 Å². The minimum absolute atomic E-state index is 0.0208. The molecule has 2 fully saturated rings. The number of imidazole rings is 1. The van der Waals surface area contributed by atoms with Crippen LogP contribution in [0.4, 0.5) is 5.82 Å². The van der Waals surface area contributed by atoms with Crippen LogP contribution in [0, 0.1) is 5.92 Å². The maximum absolute atomic E-state index is 12.1. The fourth-order valence-electron chi connectivity index (χ4n) is 5.49. The fourth-order valence-corrected chi connectivity index (χ4v) is 5.49. The van der Waals surface area contributed by atoms with Crippen molar-refractivity contribution in [3.63, 3.8) is 0 Å². The lowest BCUT2D eigenvalue weighted by atomic mass is 9.80. The van der Waals surface area contributed by atoms with E-state index in [0.29, 0.717) is 23.7 Å². The van der Waals surface area contributed by atoms with Crippen LogP contribution in [0.3, 0.4) is 0 Å². The van der Waals surface area contributed by atoms with E-state index in [1.807, 2.05) is 45.0 Å². The summed E-state index contributed by atoms with van der Waals surface area (Å²) < 4.78 is 25.5. The maximum Gasteiger partial charge on any atom is 0.306 e. The molecule has 10 heteroatoms. The van der Waals surface area contributed by atoms with Crippen LogP contribution in [0.2, 0.25) is 0 Å². The number of aromatic nitrogens is 4. The second-order valence-corrected chi connectivity index (χ2v) is 11.8. The zero-order valence-corrected chi connectivity index (χ0v) is 23.1. The van der Waals surface area contributed by atoms with Gasteiger partial charge in [0.1, 0.15) is 28.8 Å². The lowest BCUT2D eigenvalue weighted by Crippen LogP contribution is -2.45. The summed E-state index contributed by atoms with van der Waals surface area (Å²) >= 11 is 0. The van der Waals surface area contributed by atoms with E-state index in [9.17, 15) is 4.79 Å². The first-order valence-electron chi connectivity index (χ1n) is 13.6. The van der Waals surface area contributed by atoms with Gasteiger partial charge in [0.25, 0.3) is 0 Å². The van der Waals surface area contributed by atoms with E-state index in [1.165, 1.54) is 0 Å². The average molecular weight is 534 g/mol. The van der Waals surface area contributed by atoms with E-state index >= 15 is 0 Å². The zero-order chi connectivity index (χ0) is 27.3. The third-order valence-corrected chi connectivity index (χ3v) is 7.09. The first-order valence-corrected chi connectivity index (χ1v) is 13.6. The van der Waals surface area contributed by atoms with Crippen LogP contribution >= 0.6 is 0 Å². The van der Waals surface area contributed by atoms with Crippen molar-refractivity contribution in [3.8, 4) is 17.3 Å². The molecule has 0 aromatic carbocycles. The number of morpholine rings is 1. The van der Waals surface area contributed by atoms with E-state index in [1.54, 1.807) is 16.9 Å². The molecule has 0 unspecified atom stereocenters. The number of esters is 1. The van der Waals surface area contributed by atoms with Crippen molar-refractivity contribution in [2.24, 2.45) is 5.92 Å². The van der Waals surface area contributed by atoms with Crippen LogP contribution in [-0.4, -0.2) is 62.6 Å². The minimum atomic E-state index is -0.462. The van der Waals surface area contributed by atoms with Crippen LogP contribution in [-0.2, 0) is 14.3 Å². The van der Waals surface area contributed by atoms with Gasteiger partial charge in [0.2, 0.25) is 5.88 Å². The quantitative estimate of drug-likeness (QED) is 0.315. The van der Waals surface area contributed by atoms with Crippen molar-refractivity contribution < 1.29 is 23.4 Å². The molecule has 0 spiro atoms. The number of hydrogen-bond donors (Lipinski definition) is 0. The Bertz CT molecular complexity index is 1490. The lowest BCUT2D eigenvalue weighted by Gasteiger charge is -2.36. The number of ether oxygens (including phenoxy) is 3. The zero-order valence-electron chi connectivity index (χ0n) is 23.1. The highest BCUT2D eigenvalue weighted by atomic mass is 16.6. The molecule has 0 bridgehead atoms. The number of rotatable bonds is 6. The van der Waals surface area contributed by atoms with Crippen LogP contribution < -0.4 is 9.64 Å². The summed E-state index contributed by atoms with van der Waals surface area (Å²) in [5.41, 5.74) is 1.73. The van der Waals surface area contributed by atoms with Gasteiger partial charge in [0.05, 0.1) is 23.8 Å². The molecule has 0 N–H and O–H groups in total. The second kappa shape index (κ2) is 9.82. The van der Waals surface area contributed by atoms with Gasteiger partial charge in [0.15, 0.2) is 11.4 Å². The van der Waals surface area contributed by atoms with E-state index in [0.717, 1.165) is 48.4 Å². The number of anilines is 1. The molecule has 6 rings (SSSR count). The monoisotopic (exact) mass is 533 g/mol. The summed E-state index contributed by atoms with van der Waals surface area (Å²) in [7, 11) is 0. The van der Waals surface area contributed by atoms with Gasteiger partial charge >= 0.3 is 5.97 Å². The number of carbonyl (C=O) groups is 1. The number of fused-ring (bicyclic) bond motifs is 2. The summed E-state index contributed by atoms with van der Waals surface area (Å²) in [4.78, 5) is 23.6. The third kappa shape index (κ3) is 5.43. The molecule has 2 aliphatic rings. The van der Waals surface area contributed by atoms with Gasteiger partial charge in [-0.25, -0.2) is 14.5 Å². The molecule has 0 amide bonds. The molecule has 1 saturated carbocycles. The number of carbonyl (C=O) groups excluding carboxylic acids is 1. The second-order valence-electron chi connectivity index (χ2n) is 11.8. The Labute approximate surface area is 227 Å². The Morgan fingerprint density at radius 2 is 1.87 bits per heavy atom. The smallest absolute Gasteiger partial charge is 0.306 e. The summed E-state index contributed by atoms with van der Waals surface area (Å²) in [6, 6.07) is 7.60. The van der Waals surface area contributed by atoms with Crippen LogP contribution in [0.5, 0.6) is 5.88 Å². The summed E-state index contributed by atoms with van der Waals surface area (Å²) in [5, 5.41) is 5.65. The molecule has 1 saturated heterocycles. The third-order valence-electron chi connectivity index (χ3n) is 7.09. The van der Waals surface area contributed by atoms with E-state index in [-0.39, 0.29) is 30.2 Å². The van der Waals surface area contributed by atoms with E-state index in [2.05, 4.69) is 28.7 Å². The summed E-state index contributed by atoms with van der Waals surface area (Å²) in [6.07, 6.45) is 5.83. The van der Waals surface area contributed by atoms with Crippen molar-refractivity contribution in [1.82, 2.24) is 19.6 Å².